The average molecular weight is 321 g/mol. The molecule has 1 aromatic heterocycles. The fraction of sp³-hybridized carbons (Fsp3) is 0.727. The summed E-state index contributed by atoms with van der Waals surface area (Å²) in [6.45, 7) is 2.01. The number of sulfone groups is 1. The molecule has 0 saturated carbocycles. The number of nitrogens with zero attached hydrogens (tertiary/aromatic N) is 2. The summed E-state index contributed by atoms with van der Waals surface area (Å²) < 4.78 is 49.2. The topological polar surface area (TPSA) is 100 Å². The molecule has 1 aliphatic heterocycles. The third-order valence-electron chi connectivity index (χ3n) is 3.54. The van der Waals surface area contributed by atoms with E-state index < -0.39 is 25.9 Å². The first-order valence-corrected chi connectivity index (χ1v) is 10.00. The van der Waals surface area contributed by atoms with Gasteiger partial charge in [-0.25, -0.2) is 16.8 Å². The molecular formula is C11H19N3O4S2. The van der Waals surface area contributed by atoms with E-state index in [-0.39, 0.29) is 10.6 Å². The number of nitrogens with one attached hydrogen (secondary N) is 1. The summed E-state index contributed by atoms with van der Waals surface area (Å²) in [4.78, 5) is 0.0840. The van der Waals surface area contributed by atoms with E-state index in [0.29, 0.717) is 18.7 Å². The summed E-state index contributed by atoms with van der Waals surface area (Å²) in [7, 11) is -6.80. The molecule has 1 aromatic rings. The van der Waals surface area contributed by atoms with Gasteiger partial charge in [-0.3, -0.25) is 5.10 Å². The van der Waals surface area contributed by atoms with Gasteiger partial charge in [-0.05, 0) is 19.8 Å². The van der Waals surface area contributed by atoms with Crippen LogP contribution < -0.4 is 0 Å². The van der Waals surface area contributed by atoms with E-state index in [1.165, 1.54) is 10.5 Å². The van der Waals surface area contributed by atoms with Gasteiger partial charge in [0.25, 0.3) is 0 Å². The van der Waals surface area contributed by atoms with E-state index in [0.717, 1.165) is 19.1 Å². The molecule has 1 aliphatic rings. The Morgan fingerprint density at radius 1 is 1.35 bits per heavy atom. The highest BCUT2D eigenvalue weighted by atomic mass is 32.2. The number of H-pyrrole nitrogens is 1. The number of aromatic nitrogens is 2. The molecule has 7 nitrogen and oxygen atoms in total. The fourth-order valence-corrected chi connectivity index (χ4v) is 4.67. The number of sulfonamides is 1. The zero-order valence-electron chi connectivity index (χ0n) is 11.5. The van der Waals surface area contributed by atoms with Crippen LogP contribution in [0.5, 0.6) is 0 Å². The van der Waals surface area contributed by atoms with Gasteiger partial charge in [0.05, 0.1) is 23.7 Å². The van der Waals surface area contributed by atoms with Gasteiger partial charge in [0.1, 0.15) is 4.90 Å². The summed E-state index contributed by atoms with van der Waals surface area (Å²) in [6, 6.07) is -0.471. The first-order valence-electron chi connectivity index (χ1n) is 6.50. The van der Waals surface area contributed by atoms with E-state index in [4.69, 9.17) is 0 Å². The fourth-order valence-electron chi connectivity index (χ4n) is 2.51. The maximum absolute atomic E-state index is 12.2. The van der Waals surface area contributed by atoms with Crippen LogP contribution in [0.1, 0.15) is 37.9 Å². The minimum absolute atomic E-state index is 0.00580. The Morgan fingerprint density at radius 2 is 2.05 bits per heavy atom. The third kappa shape index (κ3) is 2.89. The summed E-state index contributed by atoms with van der Waals surface area (Å²) in [5.41, 5.74) is 0.379. The van der Waals surface area contributed by atoms with Crippen LogP contribution in [-0.2, 0) is 19.9 Å². The van der Waals surface area contributed by atoms with Crippen molar-refractivity contribution in [2.45, 2.75) is 37.1 Å². The SMILES string of the molecule is CCS(=O)(=O)N1CCCCC1c1[nH]ncc1S(C)(=O)=O. The Bertz CT molecular complexity index is 678. The van der Waals surface area contributed by atoms with Crippen LogP contribution in [0.3, 0.4) is 0 Å². The molecule has 1 N–H and O–H groups in total. The molecule has 1 atom stereocenters. The van der Waals surface area contributed by atoms with Crippen molar-refractivity contribution < 1.29 is 16.8 Å². The summed E-state index contributed by atoms with van der Waals surface area (Å²) in [6.07, 6.45) is 4.60. The van der Waals surface area contributed by atoms with Gasteiger partial charge in [-0.2, -0.15) is 9.40 Å². The van der Waals surface area contributed by atoms with Crippen LogP contribution >= 0.6 is 0 Å². The molecule has 114 valence electrons. The van der Waals surface area contributed by atoms with Crippen molar-refractivity contribution in [2.75, 3.05) is 18.6 Å². The molecule has 0 spiro atoms. The summed E-state index contributed by atoms with van der Waals surface area (Å²) in [5.74, 6) is 0.00580. The maximum atomic E-state index is 12.2. The van der Waals surface area contributed by atoms with Crippen LogP contribution in [0.2, 0.25) is 0 Å². The van der Waals surface area contributed by atoms with Gasteiger partial charge in [-0.1, -0.05) is 6.42 Å². The molecule has 0 radical (unpaired) electrons. The lowest BCUT2D eigenvalue weighted by atomic mass is 10.0. The average Bonchev–Trinajstić information content (AvgIpc) is 2.88. The Balaban J connectivity index is 2.47. The predicted octanol–water partition coefficient (Wildman–Crippen LogP) is 0.690. The summed E-state index contributed by atoms with van der Waals surface area (Å²) in [5, 5.41) is 6.45. The Kier molecular flexibility index (Phi) is 4.22. The Labute approximate surface area is 119 Å². The van der Waals surface area contributed by atoms with Crippen molar-refractivity contribution in [1.82, 2.24) is 14.5 Å². The number of hydrogen-bond donors (Lipinski definition) is 1. The lowest BCUT2D eigenvalue weighted by Crippen LogP contribution is -2.39. The predicted molar refractivity (Wildman–Crippen MR) is 74.5 cm³/mol. The van der Waals surface area contributed by atoms with Crippen LogP contribution in [0.25, 0.3) is 0 Å². The standard InChI is InChI=1S/C11H19N3O4S2/c1-3-20(17,18)14-7-5-4-6-9(14)11-10(8-12-13-11)19(2,15)16/h8-9H,3-7H2,1-2H3,(H,12,13). The minimum Gasteiger partial charge on any atom is -0.280 e. The van der Waals surface area contributed by atoms with Crippen LogP contribution in [0, 0.1) is 0 Å². The molecule has 1 fully saturated rings. The summed E-state index contributed by atoms with van der Waals surface area (Å²) >= 11 is 0. The van der Waals surface area contributed by atoms with Crippen molar-refractivity contribution >= 4 is 19.9 Å². The van der Waals surface area contributed by atoms with Crippen molar-refractivity contribution in [2.24, 2.45) is 0 Å². The number of aromatic amines is 1. The first-order chi connectivity index (χ1) is 9.27. The molecule has 0 bridgehead atoms. The molecule has 0 aliphatic carbocycles. The van der Waals surface area contributed by atoms with E-state index in [9.17, 15) is 16.8 Å². The van der Waals surface area contributed by atoms with Gasteiger partial charge in [0, 0.05) is 12.8 Å². The quantitative estimate of drug-likeness (QED) is 0.879. The Morgan fingerprint density at radius 3 is 2.65 bits per heavy atom. The van der Waals surface area contributed by atoms with E-state index in [1.807, 2.05) is 0 Å². The van der Waals surface area contributed by atoms with E-state index in [2.05, 4.69) is 10.2 Å². The highest BCUT2D eigenvalue weighted by Crippen LogP contribution is 2.35. The molecule has 2 rings (SSSR count). The molecule has 2 heterocycles. The number of hydrogen-bond acceptors (Lipinski definition) is 5. The minimum atomic E-state index is -3.43. The second-order valence-corrected chi connectivity index (χ2v) is 9.14. The molecule has 20 heavy (non-hydrogen) atoms. The third-order valence-corrected chi connectivity index (χ3v) is 6.55. The zero-order valence-corrected chi connectivity index (χ0v) is 13.2. The Hall–Kier alpha value is -0.930. The van der Waals surface area contributed by atoms with Crippen LogP contribution in [0.4, 0.5) is 0 Å². The second kappa shape index (κ2) is 5.45. The van der Waals surface area contributed by atoms with Crippen molar-refractivity contribution in [3.8, 4) is 0 Å². The lowest BCUT2D eigenvalue weighted by molar-refractivity contribution is 0.249. The maximum Gasteiger partial charge on any atom is 0.214 e. The van der Waals surface area contributed by atoms with Crippen molar-refractivity contribution in [3.05, 3.63) is 11.9 Å². The second-order valence-electron chi connectivity index (χ2n) is 4.94. The number of rotatable bonds is 4. The van der Waals surface area contributed by atoms with Gasteiger partial charge in [0.15, 0.2) is 9.84 Å². The molecule has 1 unspecified atom stereocenters. The molecule has 0 aromatic carbocycles. The van der Waals surface area contributed by atoms with Gasteiger partial charge >= 0.3 is 0 Å². The zero-order chi connectivity index (χ0) is 15.0. The van der Waals surface area contributed by atoms with Gasteiger partial charge in [-0.15, -0.1) is 0 Å². The highest BCUT2D eigenvalue weighted by molar-refractivity contribution is 7.90. The first kappa shape index (κ1) is 15.5. The van der Waals surface area contributed by atoms with E-state index >= 15 is 0 Å². The van der Waals surface area contributed by atoms with Gasteiger partial charge < -0.3 is 0 Å². The van der Waals surface area contributed by atoms with E-state index in [1.54, 1.807) is 6.92 Å². The molecule has 9 heteroatoms. The van der Waals surface area contributed by atoms with Crippen LogP contribution in [-0.4, -0.2) is 49.9 Å². The smallest absolute Gasteiger partial charge is 0.214 e. The van der Waals surface area contributed by atoms with Crippen LogP contribution in [0.15, 0.2) is 11.1 Å². The van der Waals surface area contributed by atoms with Crippen molar-refractivity contribution in [3.63, 3.8) is 0 Å². The molecule has 1 saturated heterocycles. The molecule has 0 amide bonds. The monoisotopic (exact) mass is 321 g/mol. The highest BCUT2D eigenvalue weighted by Gasteiger charge is 2.35. The molecular weight excluding hydrogens is 302 g/mol. The van der Waals surface area contributed by atoms with Crippen molar-refractivity contribution in [1.29, 1.82) is 0 Å². The number of piperidine rings is 1. The normalized spacial score (nSPS) is 22.0. The lowest BCUT2D eigenvalue weighted by Gasteiger charge is -2.34. The van der Waals surface area contributed by atoms with Gasteiger partial charge in [0.2, 0.25) is 10.0 Å². The largest absolute Gasteiger partial charge is 0.280 e.